The first kappa shape index (κ1) is 13.1. The van der Waals surface area contributed by atoms with Gasteiger partial charge in [0.25, 0.3) is 0 Å². The number of alkyl halides is 3. The van der Waals surface area contributed by atoms with E-state index in [1.807, 2.05) is 0 Å². The third-order valence-electron chi connectivity index (χ3n) is 1.97. The first-order valence-corrected chi connectivity index (χ1v) is 4.98. The van der Waals surface area contributed by atoms with E-state index in [1.54, 1.807) is 6.92 Å². The molecule has 0 aliphatic heterocycles. The maximum absolute atomic E-state index is 12.3. The van der Waals surface area contributed by atoms with Crippen molar-refractivity contribution in [3.63, 3.8) is 0 Å². The molecule has 0 spiro atoms. The standard InChI is InChI=1S/C10H11ClF3NO/c1-2-16-8-4-3-6(5-7(8)11)9(15)10(12,13)14/h3-5,9H,2,15H2,1H3. The fourth-order valence-electron chi connectivity index (χ4n) is 1.17. The van der Waals surface area contributed by atoms with Gasteiger partial charge >= 0.3 is 6.18 Å². The van der Waals surface area contributed by atoms with Gasteiger partial charge in [0.2, 0.25) is 0 Å². The van der Waals surface area contributed by atoms with Gasteiger partial charge in [0.1, 0.15) is 11.8 Å². The van der Waals surface area contributed by atoms with Crippen LogP contribution >= 0.6 is 11.6 Å². The van der Waals surface area contributed by atoms with Gasteiger partial charge in [0.05, 0.1) is 11.6 Å². The van der Waals surface area contributed by atoms with E-state index in [2.05, 4.69) is 0 Å². The van der Waals surface area contributed by atoms with Crippen molar-refractivity contribution in [3.05, 3.63) is 28.8 Å². The molecule has 2 N–H and O–H groups in total. The van der Waals surface area contributed by atoms with Crippen LogP contribution < -0.4 is 10.5 Å². The maximum atomic E-state index is 12.3. The van der Waals surface area contributed by atoms with Crippen molar-refractivity contribution in [3.8, 4) is 5.75 Å². The number of ether oxygens (including phenoxy) is 1. The molecule has 2 nitrogen and oxygen atoms in total. The highest BCUT2D eigenvalue weighted by atomic mass is 35.5. The third-order valence-corrected chi connectivity index (χ3v) is 2.26. The second kappa shape index (κ2) is 4.93. The zero-order valence-corrected chi connectivity index (χ0v) is 9.27. The van der Waals surface area contributed by atoms with Gasteiger partial charge in [-0.1, -0.05) is 17.7 Å². The molecule has 1 aromatic carbocycles. The van der Waals surface area contributed by atoms with E-state index in [0.29, 0.717) is 12.4 Å². The summed E-state index contributed by atoms with van der Waals surface area (Å²) in [6.07, 6.45) is -4.48. The molecule has 16 heavy (non-hydrogen) atoms. The van der Waals surface area contributed by atoms with E-state index >= 15 is 0 Å². The van der Waals surface area contributed by atoms with E-state index in [1.165, 1.54) is 18.2 Å². The largest absolute Gasteiger partial charge is 0.492 e. The average Bonchev–Trinajstić information content (AvgIpc) is 2.19. The highest BCUT2D eigenvalue weighted by Gasteiger charge is 2.37. The molecule has 6 heteroatoms. The Bertz CT molecular complexity index is 368. The molecular formula is C10H11ClF3NO. The van der Waals surface area contributed by atoms with Gasteiger partial charge in [-0.2, -0.15) is 13.2 Å². The Kier molecular flexibility index (Phi) is 4.04. The predicted molar refractivity (Wildman–Crippen MR) is 55.6 cm³/mol. The number of hydrogen-bond acceptors (Lipinski definition) is 2. The molecule has 1 rings (SSSR count). The van der Waals surface area contributed by atoms with Gasteiger partial charge in [-0.15, -0.1) is 0 Å². The minimum Gasteiger partial charge on any atom is -0.492 e. The average molecular weight is 254 g/mol. The molecule has 0 amide bonds. The Labute approximate surface area is 96.1 Å². The Morgan fingerprint density at radius 3 is 2.50 bits per heavy atom. The molecule has 90 valence electrons. The van der Waals surface area contributed by atoms with E-state index in [-0.39, 0.29) is 10.6 Å². The summed E-state index contributed by atoms with van der Waals surface area (Å²) < 4.78 is 42.1. The summed E-state index contributed by atoms with van der Waals surface area (Å²) in [5, 5.41) is 0.124. The van der Waals surface area contributed by atoms with Crippen molar-refractivity contribution < 1.29 is 17.9 Å². The molecule has 0 aliphatic rings. The summed E-state index contributed by atoms with van der Waals surface area (Å²) in [6, 6.07) is 1.78. The van der Waals surface area contributed by atoms with Crippen molar-refractivity contribution in [2.45, 2.75) is 19.1 Å². The van der Waals surface area contributed by atoms with Crippen molar-refractivity contribution in [1.29, 1.82) is 0 Å². The molecule has 1 unspecified atom stereocenters. The molecule has 1 atom stereocenters. The van der Waals surface area contributed by atoms with Crippen molar-refractivity contribution >= 4 is 11.6 Å². The lowest BCUT2D eigenvalue weighted by atomic mass is 10.1. The minimum absolute atomic E-state index is 0.0825. The molecule has 0 aliphatic carbocycles. The van der Waals surface area contributed by atoms with E-state index in [9.17, 15) is 13.2 Å². The lowest BCUT2D eigenvalue weighted by Crippen LogP contribution is -2.28. The Balaban J connectivity index is 2.97. The van der Waals surface area contributed by atoms with Crippen LogP contribution in [0.15, 0.2) is 18.2 Å². The van der Waals surface area contributed by atoms with Crippen LogP contribution in [-0.2, 0) is 0 Å². The van der Waals surface area contributed by atoms with Crippen molar-refractivity contribution in [2.75, 3.05) is 6.61 Å². The summed E-state index contributed by atoms with van der Waals surface area (Å²) in [6.45, 7) is 2.15. The van der Waals surface area contributed by atoms with Crippen molar-refractivity contribution in [1.82, 2.24) is 0 Å². The van der Waals surface area contributed by atoms with E-state index < -0.39 is 12.2 Å². The van der Waals surface area contributed by atoms with Crippen LogP contribution in [0, 0.1) is 0 Å². The number of benzene rings is 1. The number of halogens is 4. The van der Waals surface area contributed by atoms with Crippen LogP contribution in [0.25, 0.3) is 0 Å². The van der Waals surface area contributed by atoms with Crippen LogP contribution in [0.4, 0.5) is 13.2 Å². The Hall–Kier alpha value is -0.940. The molecule has 0 saturated carbocycles. The van der Waals surface area contributed by atoms with Crippen LogP contribution in [0.5, 0.6) is 5.75 Å². The molecule has 0 aromatic heterocycles. The van der Waals surface area contributed by atoms with Crippen LogP contribution in [0.3, 0.4) is 0 Å². The van der Waals surface area contributed by atoms with Gasteiger partial charge in [0, 0.05) is 0 Å². The summed E-state index contributed by atoms with van der Waals surface area (Å²) in [5.41, 5.74) is 4.96. The molecule has 0 saturated heterocycles. The molecule has 0 radical (unpaired) electrons. The maximum Gasteiger partial charge on any atom is 0.407 e. The third kappa shape index (κ3) is 3.02. The minimum atomic E-state index is -4.48. The van der Waals surface area contributed by atoms with E-state index in [0.717, 1.165) is 0 Å². The number of hydrogen-bond donors (Lipinski definition) is 1. The topological polar surface area (TPSA) is 35.2 Å². The Morgan fingerprint density at radius 2 is 2.06 bits per heavy atom. The highest BCUT2D eigenvalue weighted by molar-refractivity contribution is 6.32. The fourth-order valence-corrected chi connectivity index (χ4v) is 1.42. The first-order valence-electron chi connectivity index (χ1n) is 4.60. The smallest absolute Gasteiger partial charge is 0.407 e. The van der Waals surface area contributed by atoms with Gasteiger partial charge in [0.15, 0.2) is 0 Å². The summed E-state index contributed by atoms with van der Waals surface area (Å²) in [4.78, 5) is 0. The molecule has 0 heterocycles. The molecular weight excluding hydrogens is 243 g/mol. The van der Waals surface area contributed by atoms with Gasteiger partial charge < -0.3 is 10.5 Å². The summed E-state index contributed by atoms with van der Waals surface area (Å²) >= 11 is 5.75. The van der Waals surface area contributed by atoms with E-state index in [4.69, 9.17) is 22.1 Å². The second-order valence-electron chi connectivity index (χ2n) is 3.14. The van der Waals surface area contributed by atoms with Crippen LogP contribution in [-0.4, -0.2) is 12.8 Å². The zero-order chi connectivity index (χ0) is 12.3. The fraction of sp³-hybridized carbons (Fsp3) is 0.400. The predicted octanol–water partition coefficient (Wildman–Crippen LogP) is 3.30. The highest BCUT2D eigenvalue weighted by Crippen LogP contribution is 2.34. The zero-order valence-electron chi connectivity index (χ0n) is 8.51. The molecule has 0 fully saturated rings. The lowest BCUT2D eigenvalue weighted by molar-refractivity contribution is -0.149. The number of nitrogens with two attached hydrogens (primary N) is 1. The molecule has 1 aromatic rings. The monoisotopic (exact) mass is 253 g/mol. The summed E-state index contributed by atoms with van der Waals surface area (Å²) in [7, 11) is 0. The lowest BCUT2D eigenvalue weighted by Gasteiger charge is -2.16. The van der Waals surface area contributed by atoms with Crippen LogP contribution in [0.1, 0.15) is 18.5 Å². The van der Waals surface area contributed by atoms with Crippen molar-refractivity contribution in [2.24, 2.45) is 5.73 Å². The second-order valence-corrected chi connectivity index (χ2v) is 3.55. The van der Waals surface area contributed by atoms with Gasteiger partial charge in [-0.3, -0.25) is 0 Å². The first-order chi connectivity index (χ1) is 7.36. The normalized spacial score (nSPS) is 13.6. The quantitative estimate of drug-likeness (QED) is 0.897. The number of rotatable bonds is 3. The molecule has 0 bridgehead atoms. The van der Waals surface area contributed by atoms with Crippen LogP contribution in [0.2, 0.25) is 5.02 Å². The Morgan fingerprint density at radius 1 is 1.44 bits per heavy atom. The summed E-state index contributed by atoms with van der Waals surface area (Å²) in [5.74, 6) is 0.349. The SMILES string of the molecule is CCOc1ccc(C(N)C(F)(F)F)cc1Cl. The van der Waals surface area contributed by atoms with Gasteiger partial charge in [-0.25, -0.2) is 0 Å². The van der Waals surface area contributed by atoms with Gasteiger partial charge in [-0.05, 0) is 24.6 Å².